The second kappa shape index (κ2) is 6.94. The van der Waals surface area contributed by atoms with Crippen LogP contribution < -0.4 is 10.1 Å². The van der Waals surface area contributed by atoms with Gasteiger partial charge in [0.1, 0.15) is 12.4 Å². The van der Waals surface area contributed by atoms with Gasteiger partial charge in [-0.1, -0.05) is 48.2 Å². The number of nitrogens with one attached hydrogen (secondary N) is 1. The van der Waals surface area contributed by atoms with Gasteiger partial charge in [-0.3, -0.25) is 4.79 Å². The van der Waals surface area contributed by atoms with Crippen molar-refractivity contribution in [2.24, 2.45) is 0 Å². The predicted octanol–water partition coefficient (Wildman–Crippen LogP) is 3.83. The molecule has 1 amide bonds. The number of amides is 1. The van der Waals surface area contributed by atoms with Crippen molar-refractivity contribution in [1.82, 2.24) is 5.32 Å². The number of ether oxygens (including phenoxy) is 1. The molecule has 1 aliphatic heterocycles. The minimum Gasteiger partial charge on any atom is -0.491 e. The highest BCUT2D eigenvalue weighted by Gasteiger charge is 2.18. The number of carbonyl (C=O) groups is 1. The zero-order valence-electron chi connectivity index (χ0n) is 11.2. The van der Waals surface area contributed by atoms with E-state index in [0.717, 1.165) is 12.0 Å². The Hall–Kier alpha value is -1.03. The molecule has 0 radical (unpaired) electrons. The van der Waals surface area contributed by atoms with Crippen LogP contribution in [0.25, 0.3) is 0 Å². The number of benzene rings is 1. The Labute approximate surface area is 122 Å². The van der Waals surface area contributed by atoms with Crippen LogP contribution in [0, 0.1) is 0 Å². The van der Waals surface area contributed by atoms with E-state index in [4.69, 9.17) is 4.74 Å². The molecule has 1 unspecified atom stereocenters. The van der Waals surface area contributed by atoms with E-state index in [9.17, 15) is 4.79 Å². The second-order valence-corrected chi connectivity index (χ2v) is 5.93. The molecule has 1 aliphatic rings. The van der Waals surface area contributed by atoms with Crippen molar-refractivity contribution >= 4 is 21.8 Å². The molecule has 19 heavy (non-hydrogen) atoms. The average Bonchev–Trinajstić information content (AvgIpc) is 2.61. The molecule has 1 aromatic carbocycles. The van der Waals surface area contributed by atoms with Crippen LogP contribution in [-0.2, 0) is 0 Å². The Bertz CT molecular complexity index is 448. The Morgan fingerprint density at radius 3 is 3.05 bits per heavy atom. The highest BCUT2D eigenvalue weighted by atomic mass is 79.9. The highest BCUT2D eigenvalue weighted by molar-refractivity contribution is 9.09. The smallest absolute Gasteiger partial charge is 0.255 e. The van der Waals surface area contributed by atoms with Crippen LogP contribution in [0.1, 0.15) is 53.4 Å². The topological polar surface area (TPSA) is 38.3 Å². The molecular weight excluding hydrogens is 306 g/mol. The Morgan fingerprint density at radius 1 is 1.42 bits per heavy atom. The van der Waals surface area contributed by atoms with E-state index in [1.54, 1.807) is 0 Å². The number of alkyl halides is 1. The lowest BCUT2D eigenvalue weighted by Crippen LogP contribution is -2.24. The Kier molecular flexibility index (Phi) is 5.25. The standard InChI is InChI=1S/C15H20BrNO2/c1-2-3-4-5-13(16)11-6-7-14-12(10-11)15(18)17-8-9-19-14/h6-7,10,13H,2-5,8-9H2,1H3,(H,17,18). The van der Waals surface area contributed by atoms with Crippen molar-refractivity contribution in [3.05, 3.63) is 29.3 Å². The summed E-state index contributed by atoms with van der Waals surface area (Å²) in [5.41, 5.74) is 1.80. The first kappa shape index (κ1) is 14.4. The van der Waals surface area contributed by atoms with Crippen LogP contribution in [-0.4, -0.2) is 19.1 Å². The molecule has 1 N–H and O–H groups in total. The molecule has 0 saturated heterocycles. The fraction of sp³-hybridized carbons (Fsp3) is 0.533. The largest absolute Gasteiger partial charge is 0.491 e. The lowest BCUT2D eigenvalue weighted by Gasteiger charge is -2.13. The third-order valence-corrected chi connectivity index (χ3v) is 4.30. The number of rotatable bonds is 5. The zero-order chi connectivity index (χ0) is 13.7. The minimum atomic E-state index is -0.0393. The van der Waals surface area contributed by atoms with E-state index in [-0.39, 0.29) is 5.91 Å². The van der Waals surface area contributed by atoms with Gasteiger partial charge >= 0.3 is 0 Å². The van der Waals surface area contributed by atoms with Crippen molar-refractivity contribution in [2.75, 3.05) is 13.2 Å². The average molecular weight is 326 g/mol. The van der Waals surface area contributed by atoms with Crippen LogP contribution in [0.15, 0.2) is 18.2 Å². The molecule has 0 fully saturated rings. The van der Waals surface area contributed by atoms with E-state index in [1.165, 1.54) is 19.3 Å². The van der Waals surface area contributed by atoms with Crippen molar-refractivity contribution in [3.63, 3.8) is 0 Å². The molecule has 0 spiro atoms. The first-order valence-corrected chi connectivity index (χ1v) is 7.83. The number of halogens is 1. The Balaban J connectivity index is 2.12. The lowest BCUT2D eigenvalue weighted by molar-refractivity contribution is 0.0957. The van der Waals surface area contributed by atoms with E-state index in [1.807, 2.05) is 18.2 Å². The number of hydrogen-bond acceptors (Lipinski definition) is 2. The van der Waals surface area contributed by atoms with Gasteiger partial charge in [0.25, 0.3) is 5.91 Å². The first-order valence-electron chi connectivity index (χ1n) is 6.91. The summed E-state index contributed by atoms with van der Waals surface area (Å²) in [6.07, 6.45) is 4.76. The van der Waals surface area contributed by atoms with E-state index < -0.39 is 0 Å². The van der Waals surface area contributed by atoms with Gasteiger partial charge in [-0.05, 0) is 24.1 Å². The maximum atomic E-state index is 11.9. The molecule has 1 atom stereocenters. The molecule has 0 aromatic heterocycles. The maximum absolute atomic E-state index is 11.9. The van der Waals surface area contributed by atoms with Gasteiger partial charge < -0.3 is 10.1 Å². The van der Waals surface area contributed by atoms with Crippen molar-refractivity contribution in [2.45, 2.75) is 37.4 Å². The summed E-state index contributed by atoms with van der Waals surface area (Å²) in [6, 6.07) is 5.90. The molecule has 4 heteroatoms. The summed E-state index contributed by atoms with van der Waals surface area (Å²) in [6.45, 7) is 3.30. The van der Waals surface area contributed by atoms with E-state index in [2.05, 4.69) is 28.2 Å². The fourth-order valence-electron chi connectivity index (χ4n) is 2.21. The van der Waals surface area contributed by atoms with Crippen LogP contribution in [0.3, 0.4) is 0 Å². The maximum Gasteiger partial charge on any atom is 0.255 e. The van der Waals surface area contributed by atoms with Gasteiger partial charge in [-0.25, -0.2) is 0 Å². The van der Waals surface area contributed by atoms with Crippen LogP contribution >= 0.6 is 15.9 Å². The van der Waals surface area contributed by atoms with Gasteiger partial charge in [0.15, 0.2) is 0 Å². The summed E-state index contributed by atoms with van der Waals surface area (Å²) in [7, 11) is 0. The van der Waals surface area contributed by atoms with Crippen LogP contribution in [0.2, 0.25) is 0 Å². The second-order valence-electron chi connectivity index (χ2n) is 4.82. The monoisotopic (exact) mass is 325 g/mol. The highest BCUT2D eigenvalue weighted by Crippen LogP contribution is 2.32. The van der Waals surface area contributed by atoms with Gasteiger partial charge in [0, 0.05) is 4.83 Å². The molecule has 0 saturated carbocycles. The van der Waals surface area contributed by atoms with Crippen LogP contribution in [0.4, 0.5) is 0 Å². The van der Waals surface area contributed by atoms with E-state index in [0.29, 0.717) is 29.3 Å². The normalized spacial score (nSPS) is 16.0. The lowest BCUT2D eigenvalue weighted by atomic mass is 10.0. The summed E-state index contributed by atoms with van der Waals surface area (Å²) >= 11 is 3.71. The zero-order valence-corrected chi connectivity index (χ0v) is 12.8. The van der Waals surface area contributed by atoms with Crippen molar-refractivity contribution in [1.29, 1.82) is 0 Å². The number of fused-ring (bicyclic) bond motifs is 1. The van der Waals surface area contributed by atoms with Gasteiger partial charge in [-0.15, -0.1) is 0 Å². The summed E-state index contributed by atoms with van der Waals surface area (Å²) in [5, 5.41) is 2.84. The Morgan fingerprint density at radius 2 is 2.26 bits per heavy atom. The predicted molar refractivity (Wildman–Crippen MR) is 80.1 cm³/mol. The first-order chi connectivity index (χ1) is 9.22. The van der Waals surface area contributed by atoms with Gasteiger partial charge in [-0.2, -0.15) is 0 Å². The fourth-order valence-corrected chi connectivity index (χ4v) is 2.82. The molecule has 1 heterocycles. The third-order valence-electron chi connectivity index (χ3n) is 3.32. The summed E-state index contributed by atoms with van der Waals surface area (Å²) in [5.74, 6) is 0.648. The summed E-state index contributed by atoms with van der Waals surface area (Å²) < 4.78 is 5.55. The summed E-state index contributed by atoms with van der Waals surface area (Å²) in [4.78, 5) is 12.2. The van der Waals surface area contributed by atoms with Gasteiger partial charge in [0.2, 0.25) is 0 Å². The number of unbranched alkanes of at least 4 members (excludes halogenated alkanes) is 2. The van der Waals surface area contributed by atoms with Crippen molar-refractivity contribution < 1.29 is 9.53 Å². The van der Waals surface area contributed by atoms with Crippen molar-refractivity contribution in [3.8, 4) is 5.75 Å². The quantitative estimate of drug-likeness (QED) is 0.660. The molecule has 0 bridgehead atoms. The molecule has 1 aromatic rings. The molecular formula is C15H20BrNO2. The number of hydrogen-bond donors (Lipinski definition) is 1. The van der Waals surface area contributed by atoms with Gasteiger partial charge in [0.05, 0.1) is 12.1 Å². The molecule has 3 nitrogen and oxygen atoms in total. The SMILES string of the molecule is CCCCCC(Br)c1ccc2c(c1)C(=O)NCCO2. The molecule has 104 valence electrons. The molecule has 2 rings (SSSR count). The van der Waals surface area contributed by atoms with Crippen LogP contribution in [0.5, 0.6) is 5.75 Å². The third kappa shape index (κ3) is 3.72. The number of carbonyl (C=O) groups excluding carboxylic acids is 1. The minimum absolute atomic E-state index is 0.0393. The molecule has 0 aliphatic carbocycles. The van der Waals surface area contributed by atoms with E-state index >= 15 is 0 Å².